The van der Waals surface area contributed by atoms with Crippen LogP contribution in [0.4, 0.5) is 0 Å². The zero-order valence-electron chi connectivity index (χ0n) is 7.81. The van der Waals surface area contributed by atoms with Gasteiger partial charge in [0.25, 0.3) is 0 Å². The highest BCUT2D eigenvalue weighted by Gasteiger charge is 2.07. The normalized spacial score (nSPS) is 10.5. The molecule has 1 aromatic carbocycles. The summed E-state index contributed by atoms with van der Waals surface area (Å²) in [6.07, 6.45) is 0. The quantitative estimate of drug-likeness (QED) is 0.795. The highest BCUT2D eigenvalue weighted by Crippen LogP contribution is 2.13. The molecule has 0 N–H and O–H groups in total. The van der Waals surface area contributed by atoms with Gasteiger partial charge in [-0.1, -0.05) is 15.9 Å². The second kappa shape index (κ2) is 3.79. The van der Waals surface area contributed by atoms with Crippen LogP contribution in [0.2, 0.25) is 0 Å². The molecule has 0 aliphatic heterocycles. The van der Waals surface area contributed by atoms with Crippen molar-refractivity contribution in [2.45, 2.75) is 0 Å². The summed E-state index contributed by atoms with van der Waals surface area (Å²) in [6, 6.07) is 7.21. The predicted molar refractivity (Wildman–Crippen MR) is 62.9 cm³/mol. The van der Waals surface area contributed by atoms with E-state index in [9.17, 15) is 9.59 Å². The van der Waals surface area contributed by atoms with Crippen LogP contribution in [0.5, 0.6) is 0 Å². The maximum Gasteiger partial charge on any atom is 0.345 e. The average Bonchev–Trinajstić information content (AvgIpc) is 2.47. The Morgan fingerprint density at radius 3 is 2.27 bits per heavy atom. The molecular formula is C9H7BrN2O2S. The van der Waals surface area contributed by atoms with Crippen molar-refractivity contribution in [3.05, 3.63) is 48.9 Å². The molecule has 0 aliphatic rings. The minimum absolute atomic E-state index is 0.261. The van der Waals surface area contributed by atoms with Crippen LogP contribution in [0.15, 0.2) is 38.3 Å². The first-order chi connectivity index (χ1) is 7.09. The Morgan fingerprint density at radius 1 is 1.20 bits per heavy atom. The van der Waals surface area contributed by atoms with Gasteiger partial charge in [-0.3, -0.25) is 9.36 Å². The number of hydrogen-bond donors (Lipinski definition) is 0. The van der Waals surface area contributed by atoms with Gasteiger partial charge in [0, 0.05) is 23.1 Å². The summed E-state index contributed by atoms with van der Waals surface area (Å²) in [5.41, 5.74) is 0.387. The Kier molecular flexibility index (Phi) is 2.62. The molecule has 0 aliphatic carbocycles. The van der Waals surface area contributed by atoms with E-state index in [1.165, 1.54) is 11.0 Å². The van der Waals surface area contributed by atoms with Crippen molar-refractivity contribution >= 4 is 27.5 Å². The van der Waals surface area contributed by atoms with Crippen molar-refractivity contribution in [1.82, 2.24) is 8.52 Å². The van der Waals surface area contributed by atoms with Gasteiger partial charge in [0.2, 0.25) is 0 Å². The van der Waals surface area contributed by atoms with Crippen molar-refractivity contribution in [2.75, 3.05) is 0 Å². The van der Waals surface area contributed by atoms with Gasteiger partial charge in [0.15, 0.2) is 0 Å². The van der Waals surface area contributed by atoms with Crippen molar-refractivity contribution in [3.63, 3.8) is 0 Å². The Morgan fingerprint density at radius 2 is 1.80 bits per heavy atom. The summed E-state index contributed by atoms with van der Waals surface area (Å²) < 4.78 is 3.39. The number of hydrogen-bond acceptors (Lipinski definition) is 3. The lowest BCUT2D eigenvalue weighted by atomic mass is 10.3. The fourth-order valence-electron chi connectivity index (χ4n) is 1.13. The number of aromatic nitrogens is 2. The lowest BCUT2D eigenvalue weighted by Crippen LogP contribution is -2.25. The third-order valence-electron chi connectivity index (χ3n) is 1.97. The van der Waals surface area contributed by atoms with Gasteiger partial charge in [-0.25, -0.2) is 8.75 Å². The van der Waals surface area contributed by atoms with Crippen molar-refractivity contribution in [2.24, 2.45) is 7.05 Å². The fraction of sp³-hybridized carbons (Fsp3) is 0.111. The third kappa shape index (κ3) is 1.82. The SMILES string of the molecule is Cn1c(=O)sn(-c2ccc(Br)cc2)c1=O. The second-order valence-corrected chi connectivity index (χ2v) is 4.78. The molecule has 4 nitrogen and oxygen atoms in total. The minimum atomic E-state index is -0.313. The smallest absolute Gasteiger partial charge is 0.255 e. The van der Waals surface area contributed by atoms with Crippen LogP contribution < -0.4 is 10.6 Å². The lowest BCUT2D eigenvalue weighted by molar-refractivity contribution is 0.805. The van der Waals surface area contributed by atoms with Gasteiger partial charge in [0.05, 0.1) is 5.69 Å². The van der Waals surface area contributed by atoms with Crippen LogP contribution in [0.25, 0.3) is 5.69 Å². The Balaban J connectivity index is 2.65. The Labute approximate surface area is 97.7 Å². The molecule has 0 bridgehead atoms. The van der Waals surface area contributed by atoms with Crippen LogP contribution in [0.1, 0.15) is 0 Å². The standard InChI is InChI=1S/C9H7BrN2O2S/c1-11-8(13)12(15-9(11)14)7-4-2-6(10)3-5-7/h2-5H,1H3. The maximum absolute atomic E-state index is 11.6. The molecule has 15 heavy (non-hydrogen) atoms. The molecule has 0 atom stereocenters. The Hall–Kier alpha value is -1.14. The summed E-state index contributed by atoms with van der Waals surface area (Å²) in [6.45, 7) is 0. The monoisotopic (exact) mass is 286 g/mol. The van der Waals surface area contributed by atoms with E-state index in [-0.39, 0.29) is 10.6 Å². The molecule has 1 heterocycles. The highest BCUT2D eigenvalue weighted by atomic mass is 79.9. The zero-order chi connectivity index (χ0) is 11.0. The van der Waals surface area contributed by atoms with E-state index in [2.05, 4.69) is 15.9 Å². The van der Waals surface area contributed by atoms with E-state index >= 15 is 0 Å². The third-order valence-corrected chi connectivity index (χ3v) is 3.47. The number of nitrogens with zero attached hydrogens (tertiary/aromatic N) is 2. The molecule has 1 aromatic heterocycles. The maximum atomic E-state index is 11.6. The average molecular weight is 287 g/mol. The van der Waals surface area contributed by atoms with E-state index in [0.29, 0.717) is 5.69 Å². The van der Waals surface area contributed by atoms with Gasteiger partial charge in [-0.2, -0.15) is 0 Å². The van der Waals surface area contributed by atoms with E-state index in [1.54, 1.807) is 12.1 Å². The van der Waals surface area contributed by atoms with Crippen molar-refractivity contribution in [1.29, 1.82) is 0 Å². The van der Waals surface area contributed by atoms with Gasteiger partial charge < -0.3 is 0 Å². The molecule has 0 unspecified atom stereocenters. The van der Waals surface area contributed by atoms with Crippen LogP contribution in [-0.4, -0.2) is 8.52 Å². The number of benzene rings is 1. The fourth-order valence-corrected chi connectivity index (χ4v) is 2.18. The lowest BCUT2D eigenvalue weighted by Gasteiger charge is -1.98. The molecule has 0 amide bonds. The molecule has 2 aromatic rings. The highest BCUT2D eigenvalue weighted by molar-refractivity contribution is 9.10. The molecule has 0 fully saturated rings. The molecule has 0 saturated carbocycles. The van der Waals surface area contributed by atoms with E-state index < -0.39 is 0 Å². The van der Waals surface area contributed by atoms with Crippen LogP contribution in [-0.2, 0) is 7.05 Å². The predicted octanol–water partition coefficient (Wildman–Crippen LogP) is 1.36. The largest absolute Gasteiger partial charge is 0.345 e. The van der Waals surface area contributed by atoms with Crippen molar-refractivity contribution < 1.29 is 0 Å². The number of halogens is 1. The number of rotatable bonds is 1. The summed E-state index contributed by atoms with van der Waals surface area (Å²) in [4.78, 5) is 22.6. The molecule has 0 saturated heterocycles. The molecule has 0 radical (unpaired) electrons. The van der Waals surface area contributed by atoms with Crippen LogP contribution in [0, 0.1) is 0 Å². The van der Waals surface area contributed by atoms with Gasteiger partial charge in [-0.15, -0.1) is 0 Å². The summed E-state index contributed by atoms with van der Waals surface area (Å²) in [5, 5.41) is 0. The zero-order valence-corrected chi connectivity index (χ0v) is 10.2. The van der Waals surface area contributed by atoms with Gasteiger partial charge >= 0.3 is 10.6 Å². The Bertz CT molecular complexity index is 594. The molecule has 6 heteroatoms. The van der Waals surface area contributed by atoms with Crippen molar-refractivity contribution in [3.8, 4) is 5.69 Å². The first-order valence-corrected chi connectivity index (χ1v) is 5.71. The summed E-state index contributed by atoms with van der Waals surface area (Å²) in [5.74, 6) is 0. The molecule has 0 spiro atoms. The van der Waals surface area contributed by atoms with Gasteiger partial charge in [-0.05, 0) is 24.3 Å². The van der Waals surface area contributed by atoms with E-state index in [0.717, 1.165) is 20.6 Å². The molecule has 2 rings (SSSR count). The summed E-state index contributed by atoms with van der Waals surface area (Å²) in [7, 11) is 1.47. The topological polar surface area (TPSA) is 44.0 Å². The van der Waals surface area contributed by atoms with E-state index in [1.807, 2.05) is 12.1 Å². The minimum Gasteiger partial charge on any atom is -0.255 e. The van der Waals surface area contributed by atoms with E-state index in [4.69, 9.17) is 0 Å². The van der Waals surface area contributed by atoms with Crippen LogP contribution in [0.3, 0.4) is 0 Å². The summed E-state index contributed by atoms with van der Waals surface area (Å²) >= 11 is 4.20. The van der Waals surface area contributed by atoms with Crippen LogP contribution >= 0.6 is 27.5 Å². The second-order valence-electron chi connectivity index (χ2n) is 2.97. The van der Waals surface area contributed by atoms with Gasteiger partial charge in [0.1, 0.15) is 0 Å². The first kappa shape index (κ1) is 10.4. The molecule has 78 valence electrons. The molecular weight excluding hydrogens is 280 g/mol. The first-order valence-electron chi connectivity index (χ1n) is 4.15.